The van der Waals surface area contributed by atoms with E-state index in [4.69, 9.17) is 5.73 Å². The van der Waals surface area contributed by atoms with E-state index in [0.29, 0.717) is 5.41 Å². The zero-order valence-electron chi connectivity index (χ0n) is 10.3. The number of hydrogen-bond donors (Lipinski definition) is 1. The first-order valence-corrected chi connectivity index (χ1v) is 6.63. The van der Waals surface area contributed by atoms with Crippen LogP contribution in [0.5, 0.6) is 0 Å². The van der Waals surface area contributed by atoms with E-state index < -0.39 is 0 Å². The van der Waals surface area contributed by atoms with Gasteiger partial charge in [0.25, 0.3) is 0 Å². The fraction of sp³-hybridized carbons (Fsp3) is 1.00. The lowest BCUT2D eigenvalue weighted by atomic mass is 9.91. The average molecular weight is 210 g/mol. The smallest absolute Gasteiger partial charge is 0.0124 e. The molecule has 2 heteroatoms. The average Bonchev–Trinajstić information content (AvgIpc) is 2.98. The number of nitrogens with zero attached hydrogens (tertiary/aromatic N) is 1. The van der Waals surface area contributed by atoms with Gasteiger partial charge in [-0.1, -0.05) is 13.3 Å². The van der Waals surface area contributed by atoms with Crippen molar-refractivity contribution in [1.29, 1.82) is 0 Å². The van der Waals surface area contributed by atoms with Crippen molar-refractivity contribution in [3.05, 3.63) is 0 Å². The maximum Gasteiger partial charge on any atom is 0.0124 e. The molecule has 1 saturated carbocycles. The second kappa shape index (κ2) is 4.42. The predicted molar refractivity (Wildman–Crippen MR) is 64.8 cm³/mol. The lowest BCUT2D eigenvalue weighted by Crippen LogP contribution is -2.48. The van der Waals surface area contributed by atoms with Crippen LogP contribution in [0.3, 0.4) is 0 Å². The highest BCUT2D eigenvalue weighted by Crippen LogP contribution is 2.50. The standard InChI is InChI=1S/C13H26N2/c1-11(13(2)7-8-13)15-10-4-3-5-12(15)6-9-14/h11-12H,3-10,14H2,1-2H3. The van der Waals surface area contributed by atoms with Crippen LogP contribution in [-0.2, 0) is 0 Å². The van der Waals surface area contributed by atoms with Crippen LogP contribution in [0.15, 0.2) is 0 Å². The van der Waals surface area contributed by atoms with Crippen molar-refractivity contribution in [2.24, 2.45) is 11.1 Å². The molecule has 88 valence electrons. The van der Waals surface area contributed by atoms with Crippen molar-refractivity contribution >= 4 is 0 Å². The minimum absolute atomic E-state index is 0.629. The topological polar surface area (TPSA) is 29.3 Å². The summed E-state index contributed by atoms with van der Waals surface area (Å²) in [6.07, 6.45) is 8.23. The van der Waals surface area contributed by atoms with Crippen molar-refractivity contribution in [2.45, 2.75) is 64.5 Å². The largest absolute Gasteiger partial charge is 0.330 e. The summed E-state index contributed by atoms with van der Waals surface area (Å²) in [7, 11) is 0. The van der Waals surface area contributed by atoms with E-state index in [1.165, 1.54) is 45.1 Å². The zero-order chi connectivity index (χ0) is 10.9. The normalized spacial score (nSPS) is 32.6. The Morgan fingerprint density at radius 1 is 1.40 bits per heavy atom. The van der Waals surface area contributed by atoms with Gasteiger partial charge in [0.1, 0.15) is 0 Å². The first-order valence-electron chi connectivity index (χ1n) is 6.63. The highest BCUT2D eigenvalue weighted by molar-refractivity contribution is 4.99. The quantitative estimate of drug-likeness (QED) is 0.772. The van der Waals surface area contributed by atoms with Gasteiger partial charge < -0.3 is 5.73 Å². The van der Waals surface area contributed by atoms with Gasteiger partial charge in [-0.15, -0.1) is 0 Å². The van der Waals surface area contributed by atoms with Crippen LogP contribution in [0, 0.1) is 5.41 Å². The lowest BCUT2D eigenvalue weighted by Gasteiger charge is -2.42. The van der Waals surface area contributed by atoms with E-state index in [0.717, 1.165) is 18.6 Å². The second-order valence-electron chi connectivity index (χ2n) is 5.79. The summed E-state index contributed by atoms with van der Waals surface area (Å²) >= 11 is 0. The van der Waals surface area contributed by atoms with Gasteiger partial charge >= 0.3 is 0 Å². The molecule has 0 spiro atoms. The molecule has 0 aromatic rings. The molecule has 0 bridgehead atoms. The third-order valence-electron chi connectivity index (χ3n) is 4.72. The molecular weight excluding hydrogens is 184 g/mol. The maximum absolute atomic E-state index is 5.72. The monoisotopic (exact) mass is 210 g/mol. The van der Waals surface area contributed by atoms with Gasteiger partial charge in [-0.3, -0.25) is 4.90 Å². The molecule has 2 nitrogen and oxygen atoms in total. The molecule has 1 aliphatic carbocycles. The van der Waals surface area contributed by atoms with E-state index in [1.807, 2.05) is 0 Å². The number of piperidine rings is 1. The third kappa shape index (κ3) is 2.36. The van der Waals surface area contributed by atoms with Crippen molar-refractivity contribution < 1.29 is 0 Å². The Bertz CT molecular complexity index is 209. The molecule has 2 unspecified atom stereocenters. The van der Waals surface area contributed by atoms with E-state index in [1.54, 1.807) is 0 Å². The second-order valence-corrected chi connectivity index (χ2v) is 5.79. The molecule has 0 radical (unpaired) electrons. The van der Waals surface area contributed by atoms with Gasteiger partial charge in [-0.25, -0.2) is 0 Å². The highest BCUT2D eigenvalue weighted by atomic mass is 15.2. The molecule has 2 fully saturated rings. The fourth-order valence-electron chi connectivity index (χ4n) is 3.05. The van der Waals surface area contributed by atoms with Gasteiger partial charge in [0, 0.05) is 12.1 Å². The van der Waals surface area contributed by atoms with Crippen LogP contribution >= 0.6 is 0 Å². The highest BCUT2D eigenvalue weighted by Gasteiger charge is 2.46. The summed E-state index contributed by atoms with van der Waals surface area (Å²) in [4.78, 5) is 2.75. The Balaban J connectivity index is 1.97. The predicted octanol–water partition coefficient (Wildman–Crippen LogP) is 2.38. The van der Waals surface area contributed by atoms with Crippen LogP contribution in [0.2, 0.25) is 0 Å². The molecule has 2 N–H and O–H groups in total. The van der Waals surface area contributed by atoms with Gasteiger partial charge in [0.2, 0.25) is 0 Å². The summed E-state index contributed by atoms with van der Waals surface area (Å²) in [6.45, 7) is 7.04. The summed E-state index contributed by atoms with van der Waals surface area (Å²) in [5.41, 5.74) is 6.35. The number of rotatable bonds is 4. The van der Waals surface area contributed by atoms with E-state index in [2.05, 4.69) is 18.7 Å². The summed E-state index contributed by atoms with van der Waals surface area (Å²) in [6, 6.07) is 1.55. The molecule has 1 heterocycles. The molecular formula is C13H26N2. The first-order chi connectivity index (χ1) is 7.17. The molecule has 0 aromatic carbocycles. The number of likely N-dealkylation sites (tertiary alicyclic amines) is 1. The fourth-order valence-corrected chi connectivity index (χ4v) is 3.05. The molecule has 2 atom stereocenters. The molecule has 1 saturated heterocycles. The van der Waals surface area contributed by atoms with Crippen LogP contribution < -0.4 is 5.73 Å². The molecule has 0 amide bonds. The van der Waals surface area contributed by atoms with E-state index in [-0.39, 0.29) is 0 Å². The summed E-state index contributed by atoms with van der Waals surface area (Å²) in [5.74, 6) is 0. The zero-order valence-corrected chi connectivity index (χ0v) is 10.3. The van der Waals surface area contributed by atoms with Crippen molar-refractivity contribution in [3.63, 3.8) is 0 Å². The van der Waals surface area contributed by atoms with Crippen LogP contribution in [0.25, 0.3) is 0 Å². The van der Waals surface area contributed by atoms with Crippen molar-refractivity contribution in [3.8, 4) is 0 Å². The van der Waals surface area contributed by atoms with Crippen molar-refractivity contribution in [1.82, 2.24) is 4.90 Å². The van der Waals surface area contributed by atoms with E-state index in [9.17, 15) is 0 Å². The molecule has 2 rings (SSSR count). The maximum atomic E-state index is 5.72. The Labute approximate surface area is 94.2 Å². The van der Waals surface area contributed by atoms with Crippen LogP contribution in [-0.4, -0.2) is 30.1 Å². The Kier molecular flexibility index (Phi) is 3.36. The molecule has 15 heavy (non-hydrogen) atoms. The minimum atomic E-state index is 0.629. The van der Waals surface area contributed by atoms with Crippen LogP contribution in [0.1, 0.15) is 52.4 Å². The van der Waals surface area contributed by atoms with Gasteiger partial charge in [0.05, 0.1) is 0 Å². The number of nitrogens with two attached hydrogens (primary N) is 1. The van der Waals surface area contributed by atoms with Gasteiger partial charge in [-0.05, 0) is 57.5 Å². The number of hydrogen-bond acceptors (Lipinski definition) is 2. The van der Waals surface area contributed by atoms with E-state index >= 15 is 0 Å². The Morgan fingerprint density at radius 3 is 2.73 bits per heavy atom. The van der Waals surface area contributed by atoms with Gasteiger partial charge in [-0.2, -0.15) is 0 Å². The van der Waals surface area contributed by atoms with Crippen LogP contribution in [0.4, 0.5) is 0 Å². The molecule has 1 aliphatic heterocycles. The first kappa shape index (κ1) is 11.4. The molecule has 2 aliphatic rings. The summed E-state index contributed by atoms with van der Waals surface area (Å²) < 4.78 is 0. The third-order valence-corrected chi connectivity index (χ3v) is 4.72. The SMILES string of the molecule is CC(N1CCCCC1CCN)C1(C)CC1. The molecule has 0 aromatic heterocycles. The van der Waals surface area contributed by atoms with Crippen molar-refractivity contribution in [2.75, 3.05) is 13.1 Å². The Morgan fingerprint density at radius 2 is 2.13 bits per heavy atom. The summed E-state index contributed by atoms with van der Waals surface area (Å²) in [5, 5.41) is 0. The minimum Gasteiger partial charge on any atom is -0.330 e. The van der Waals surface area contributed by atoms with Gasteiger partial charge in [0.15, 0.2) is 0 Å². The Hall–Kier alpha value is -0.0800. The lowest BCUT2D eigenvalue weighted by molar-refractivity contribution is 0.0636.